The van der Waals surface area contributed by atoms with Gasteiger partial charge in [-0.2, -0.15) is 0 Å². The van der Waals surface area contributed by atoms with E-state index in [4.69, 9.17) is 4.74 Å². The zero-order valence-electron chi connectivity index (χ0n) is 20.0. The molecule has 12 nitrogen and oxygen atoms in total. The molecule has 4 aliphatic rings. The predicted molar refractivity (Wildman–Crippen MR) is 124 cm³/mol. The van der Waals surface area contributed by atoms with Gasteiger partial charge in [-0.1, -0.05) is 5.21 Å². The smallest absolute Gasteiger partial charge is 0.276 e. The summed E-state index contributed by atoms with van der Waals surface area (Å²) in [6, 6.07) is 4.60. The van der Waals surface area contributed by atoms with E-state index >= 15 is 0 Å². The molecular formula is C24H27N7O5. The highest BCUT2D eigenvalue weighted by molar-refractivity contribution is 6.05. The Labute approximate surface area is 207 Å². The number of hydrogen-bond donors (Lipinski definition) is 1. The predicted octanol–water partition coefficient (Wildman–Crippen LogP) is -0.425. The lowest BCUT2D eigenvalue weighted by Crippen LogP contribution is -2.62. The van der Waals surface area contributed by atoms with Crippen molar-refractivity contribution in [1.29, 1.82) is 0 Å². The maximum absolute atomic E-state index is 13.2. The number of carbonyl (C=O) groups is 4. The normalized spacial score (nSPS) is 26.6. The maximum Gasteiger partial charge on any atom is 0.276 e. The molecule has 12 heteroatoms. The lowest BCUT2D eigenvalue weighted by molar-refractivity contribution is -0.136. The van der Waals surface area contributed by atoms with Crippen LogP contribution < -0.4 is 5.32 Å². The first-order valence-corrected chi connectivity index (χ1v) is 12.1. The quantitative estimate of drug-likeness (QED) is 0.571. The first-order chi connectivity index (χ1) is 17.3. The molecule has 0 bridgehead atoms. The van der Waals surface area contributed by atoms with Crippen LogP contribution in [0.15, 0.2) is 24.4 Å². The number of hydrogen-bond acceptors (Lipinski definition) is 8. The average molecular weight is 494 g/mol. The highest BCUT2D eigenvalue weighted by Crippen LogP contribution is 2.31. The van der Waals surface area contributed by atoms with E-state index < -0.39 is 11.9 Å². The molecule has 4 aliphatic heterocycles. The molecule has 2 atom stereocenters. The molecule has 4 amide bonds. The van der Waals surface area contributed by atoms with E-state index in [0.29, 0.717) is 44.0 Å². The van der Waals surface area contributed by atoms with Crippen molar-refractivity contribution in [2.75, 3.05) is 39.9 Å². The molecule has 0 aliphatic carbocycles. The van der Waals surface area contributed by atoms with E-state index in [0.717, 1.165) is 18.5 Å². The number of aromatic nitrogens is 3. The van der Waals surface area contributed by atoms with Gasteiger partial charge in [0.1, 0.15) is 6.04 Å². The lowest BCUT2D eigenvalue weighted by atomic mass is 9.93. The van der Waals surface area contributed by atoms with Crippen molar-refractivity contribution >= 4 is 23.6 Å². The van der Waals surface area contributed by atoms with Crippen molar-refractivity contribution < 1.29 is 23.9 Å². The van der Waals surface area contributed by atoms with E-state index in [1.54, 1.807) is 18.3 Å². The van der Waals surface area contributed by atoms with E-state index in [2.05, 4.69) is 27.6 Å². The van der Waals surface area contributed by atoms with Gasteiger partial charge in [0.15, 0.2) is 5.69 Å². The number of amides is 4. The second-order valence-electron chi connectivity index (χ2n) is 9.96. The molecule has 6 rings (SSSR count). The van der Waals surface area contributed by atoms with Crippen molar-refractivity contribution in [3.63, 3.8) is 0 Å². The number of carbonyl (C=O) groups excluding carboxylic acids is 4. The Kier molecular flexibility index (Phi) is 5.38. The zero-order valence-corrected chi connectivity index (χ0v) is 20.0. The van der Waals surface area contributed by atoms with Crippen molar-refractivity contribution in [3.8, 4) is 5.69 Å². The summed E-state index contributed by atoms with van der Waals surface area (Å²) in [7, 11) is 2.08. The molecule has 0 radical (unpaired) electrons. The molecule has 2 unspecified atom stereocenters. The molecule has 3 saturated heterocycles. The van der Waals surface area contributed by atoms with Crippen LogP contribution in [0.1, 0.15) is 45.7 Å². The second kappa shape index (κ2) is 8.49. The number of likely N-dealkylation sites (N-methyl/N-ethyl adjacent to an activating group) is 1. The third-order valence-electron chi connectivity index (χ3n) is 7.85. The minimum Gasteiger partial charge on any atom is -0.379 e. The van der Waals surface area contributed by atoms with Crippen molar-refractivity contribution in [1.82, 2.24) is 35.0 Å². The summed E-state index contributed by atoms with van der Waals surface area (Å²) in [6.45, 7) is 3.55. The number of piperidine rings is 1. The van der Waals surface area contributed by atoms with Gasteiger partial charge in [-0.3, -0.25) is 29.4 Å². The van der Waals surface area contributed by atoms with Gasteiger partial charge in [0.25, 0.3) is 11.8 Å². The first kappa shape index (κ1) is 22.8. The second-order valence-corrected chi connectivity index (χ2v) is 9.96. The van der Waals surface area contributed by atoms with E-state index in [-0.39, 0.29) is 41.9 Å². The Morgan fingerprint density at radius 3 is 2.86 bits per heavy atom. The summed E-state index contributed by atoms with van der Waals surface area (Å²) in [5, 5.41) is 10.6. The van der Waals surface area contributed by atoms with E-state index in [1.807, 2.05) is 11.0 Å². The fraction of sp³-hybridized carbons (Fsp3) is 0.500. The SMILES string of the molecule is CN1CCN(C(=O)c2cn(-c3ccc4c(c3)CN(C3CCC(=O)NC3=O)C4=O)nn2)CC12CCOC2. The highest BCUT2D eigenvalue weighted by atomic mass is 16.5. The number of imide groups is 1. The summed E-state index contributed by atoms with van der Waals surface area (Å²) in [5.41, 5.74) is 2.05. The van der Waals surface area contributed by atoms with Gasteiger partial charge in [0.05, 0.1) is 24.0 Å². The van der Waals surface area contributed by atoms with Crippen LogP contribution in [0.3, 0.4) is 0 Å². The largest absolute Gasteiger partial charge is 0.379 e. The monoisotopic (exact) mass is 493 g/mol. The minimum absolute atomic E-state index is 0.148. The number of benzene rings is 1. The molecule has 188 valence electrons. The first-order valence-electron chi connectivity index (χ1n) is 12.1. The number of nitrogens with one attached hydrogen (secondary N) is 1. The number of rotatable bonds is 3. The number of nitrogens with zero attached hydrogens (tertiary/aromatic N) is 6. The van der Waals surface area contributed by atoms with Gasteiger partial charge < -0.3 is 14.5 Å². The Morgan fingerprint density at radius 2 is 2.08 bits per heavy atom. The topological polar surface area (TPSA) is 130 Å². The molecule has 1 N–H and O–H groups in total. The molecular weight excluding hydrogens is 466 g/mol. The standard InChI is InChI=1S/C24H27N7O5/c1-28-7-8-29(13-24(28)6-9-36-14-24)23(35)18-12-31(27-26-18)16-2-3-17-15(10-16)11-30(22(17)34)19-4-5-20(32)25-21(19)33/h2-3,10,12,19H,4-9,11,13-14H2,1H3,(H,25,32,33). The van der Waals surface area contributed by atoms with Gasteiger partial charge in [0.2, 0.25) is 11.8 Å². The molecule has 1 spiro atoms. The molecule has 0 saturated carbocycles. The Balaban J connectivity index is 1.19. The molecule has 1 aromatic heterocycles. The third kappa shape index (κ3) is 3.68. The van der Waals surface area contributed by atoms with Crippen molar-refractivity contribution in [2.45, 2.75) is 37.4 Å². The number of ether oxygens (including phenoxy) is 1. The third-order valence-corrected chi connectivity index (χ3v) is 7.85. The van der Waals surface area contributed by atoms with Crippen LogP contribution >= 0.6 is 0 Å². The summed E-state index contributed by atoms with van der Waals surface area (Å²) >= 11 is 0. The zero-order chi connectivity index (χ0) is 25.0. The van der Waals surface area contributed by atoms with Gasteiger partial charge in [0, 0.05) is 44.8 Å². The molecule has 2 aromatic rings. The average Bonchev–Trinajstić information content (AvgIpc) is 3.61. The fourth-order valence-corrected chi connectivity index (χ4v) is 5.61. The Bertz CT molecular complexity index is 1270. The van der Waals surface area contributed by atoms with Crippen molar-refractivity contribution in [2.24, 2.45) is 0 Å². The van der Waals surface area contributed by atoms with Crippen LogP contribution in [-0.2, 0) is 20.9 Å². The van der Waals surface area contributed by atoms with Crippen LogP contribution in [0.2, 0.25) is 0 Å². The highest BCUT2D eigenvalue weighted by Gasteiger charge is 2.44. The summed E-state index contributed by atoms with van der Waals surface area (Å²) in [5.74, 6) is -1.16. The van der Waals surface area contributed by atoms with Crippen LogP contribution in [0.4, 0.5) is 0 Å². The molecule has 3 fully saturated rings. The van der Waals surface area contributed by atoms with E-state index in [9.17, 15) is 19.2 Å². The van der Waals surface area contributed by atoms with Crippen LogP contribution in [-0.4, -0.2) is 105 Å². The Hall–Kier alpha value is -3.64. The molecule has 5 heterocycles. The summed E-state index contributed by atoms with van der Waals surface area (Å²) < 4.78 is 7.15. The number of fused-ring (bicyclic) bond motifs is 1. The summed E-state index contributed by atoms with van der Waals surface area (Å²) in [4.78, 5) is 55.5. The van der Waals surface area contributed by atoms with Crippen LogP contribution in [0, 0.1) is 0 Å². The van der Waals surface area contributed by atoms with Gasteiger partial charge in [-0.25, -0.2) is 4.68 Å². The van der Waals surface area contributed by atoms with Gasteiger partial charge in [-0.05, 0) is 43.7 Å². The maximum atomic E-state index is 13.2. The van der Waals surface area contributed by atoms with Gasteiger partial charge in [-0.15, -0.1) is 5.10 Å². The van der Waals surface area contributed by atoms with Gasteiger partial charge >= 0.3 is 0 Å². The Morgan fingerprint density at radius 1 is 1.22 bits per heavy atom. The number of piperazine rings is 1. The van der Waals surface area contributed by atoms with Crippen molar-refractivity contribution in [3.05, 3.63) is 41.2 Å². The minimum atomic E-state index is -0.668. The lowest BCUT2D eigenvalue weighted by Gasteiger charge is -2.46. The molecule has 1 aromatic carbocycles. The van der Waals surface area contributed by atoms with E-state index in [1.165, 1.54) is 9.58 Å². The van der Waals surface area contributed by atoms with Crippen LogP contribution in [0.25, 0.3) is 5.69 Å². The molecule has 36 heavy (non-hydrogen) atoms. The summed E-state index contributed by atoms with van der Waals surface area (Å²) in [6.07, 6.45) is 3.02. The fourth-order valence-electron chi connectivity index (χ4n) is 5.61. The van der Waals surface area contributed by atoms with Crippen LogP contribution in [0.5, 0.6) is 0 Å².